The quantitative estimate of drug-likeness (QED) is 0.409. The zero-order chi connectivity index (χ0) is 22.9. The molecule has 0 aliphatic rings. The number of hydrogen-bond acceptors (Lipinski definition) is 6. The van der Waals surface area contributed by atoms with Crippen LogP contribution in [0, 0.1) is 5.82 Å². The Morgan fingerprint density at radius 1 is 0.939 bits per heavy atom. The maximum Gasteiger partial charge on any atom is 0.337 e. The van der Waals surface area contributed by atoms with Gasteiger partial charge < -0.3 is 10.5 Å². The molecule has 7 nitrogen and oxygen atoms in total. The van der Waals surface area contributed by atoms with Crippen molar-refractivity contribution in [3.63, 3.8) is 0 Å². The van der Waals surface area contributed by atoms with E-state index in [4.69, 9.17) is 20.4 Å². The fraction of sp³-hybridized carbons (Fsp3) is 0.0400. The zero-order valence-electron chi connectivity index (χ0n) is 17.6. The third kappa shape index (κ3) is 3.57. The summed E-state index contributed by atoms with van der Waals surface area (Å²) in [5.41, 5.74) is 9.85. The Labute approximate surface area is 188 Å². The van der Waals surface area contributed by atoms with E-state index in [0.29, 0.717) is 50.9 Å². The van der Waals surface area contributed by atoms with E-state index in [1.54, 1.807) is 66.9 Å². The van der Waals surface area contributed by atoms with E-state index in [0.717, 1.165) is 0 Å². The number of anilines is 1. The number of carbonyl (C=O) groups excluding carboxylic acids is 1. The van der Waals surface area contributed by atoms with E-state index < -0.39 is 5.97 Å². The second-order valence-electron chi connectivity index (χ2n) is 7.26. The molecule has 0 saturated carbocycles. The van der Waals surface area contributed by atoms with E-state index in [2.05, 4.69) is 4.98 Å². The molecule has 0 fully saturated rings. The van der Waals surface area contributed by atoms with Crippen LogP contribution in [0.4, 0.5) is 10.2 Å². The van der Waals surface area contributed by atoms with Crippen molar-refractivity contribution in [2.24, 2.45) is 0 Å². The number of nitrogen functional groups attached to an aromatic ring is 1. The summed E-state index contributed by atoms with van der Waals surface area (Å²) in [6.07, 6.45) is 1.60. The van der Waals surface area contributed by atoms with E-state index in [9.17, 15) is 9.18 Å². The van der Waals surface area contributed by atoms with Gasteiger partial charge in [0.25, 0.3) is 0 Å². The summed E-state index contributed by atoms with van der Waals surface area (Å²) in [5, 5.41) is 0. The van der Waals surface area contributed by atoms with Gasteiger partial charge in [-0.15, -0.1) is 0 Å². The molecule has 0 radical (unpaired) electrons. The molecule has 0 saturated heterocycles. The smallest absolute Gasteiger partial charge is 0.337 e. The molecule has 8 heteroatoms. The lowest BCUT2D eigenvalue weighted by molar-refractivity contribution is 0.0600. The van der Waals surface area contributed by atoms with Crippen LogP contribution in [-0.2, 0) is 4.74 Å². The number of imidazole rings is 1. The van der Waals surface area contributed by atoms with Crippen molar-refractivity contribution < 1.29 is 13.9 Å². The molecule has 2 N–H and O–H groups in total. The summed E-state index contributed by atoms with van der Waals surface area (Å²) in [6, 6.07) is 20.4. The summed E-state index contributed by atoms with van der Waals surface area (Å²) in [4.78, 5) is 25.5. The average molecular weight is 439 g/mol. The number of benzene rings is 2. The van der Waals surface area contributed by atoms with Crippen molar-refractivity contribution >= 4 is 23.0 Å². The Morgan fingerprint density at radius 3 is 2.42 bits per heavy atom. The largest absolute Gasteiger partial charge is 0.465 e. The molecule has 0 bridgehead atoms. The number of nitrogens with two attached hydrogens (primary N) is 1. The van der Waals surface area contributed by atoms with Gasteiger partial charge in [-0.3, -0.25) is 4.57 Å². The Bertz CT molecular complexity index is 1500. The van der Waals surface area contributed by atoms with E-state index in [1.165, 1.54) is 13.2 Å². The Kier molecular flexibility index (Phi) is 5.02. The number of pyridine rings is 2. The Hall–Kier alpha value is -4.59. The lowest BCUT2D eigenvalue weighted by Crippen LogP contribution is -2.04. The van der Waals surface area contributed by atoms with Crippen molar-refractivity contribution in [1.29, 1.82) is 0 Å². The molecule has 33 heavy (non-hydrogen) atoms. The van der Waals surface area contributed by atoms with Crippen LogP contribution in [0.3, 0.4) is 0 Å². The van der Waals surface area contributed by atoms with Gasteiger partial charge in [0, 0.05) is 17.4 Å². The highest BCUT2D eigenvalue weighted by Gasteiger charge is 2.19. The molecule has 0 spiro atoms. The highest BCUT2D eigenvalue weighted by Crippen LogP contribution is 2.32. The maximum atomic E-state index is 14.4. The fourth-order valence-electron chi connectivity index (χ4n) is 3.67. The second kappa shape index (κ2) is 8.16. The molecule has 5 rings (SSSR count). The van der Waals surface area contributed by atoms with Gasteiger partial charge in [0.05, 0.1) is 23.9 Å². The van der Waals surface area contributed by atoms with Crippen LogP contribution in [0.25, 0.3) is 39.5 Å². The topological polar surface area (TPSA) is 95.9 Å². The van der Waals surface area contributed by atoms with Gasteiger partial charge in [-0.2, -0.15) is 0 Å². The van der Waals surface area contributed by atoms with Crippen molar-refractivity contribution in [3.05, 3.63) is 90.4 Å². The first-order valence-electron chi connectivity index (χ1n) is 10.1. The second-order valence-corrected chi connectivity index (χ2v) is 7.26. The number of ether oxygens (including phenoxy) is 1. The lowest BCUT2D eigenvalue weighted by atomic mass is 10.1. The summed E-state index contributed by atoms with van der Waals surface area (Å²) in [6.45, 7) is 0. The Balaban J connectivity index is 1.77. The summed E-state index contributed by atoms with van der Waals surface area (Å²) < 4.78 is 21.0. The first-order valence-corrected chi connectivity index (χ1v) is 10.1. The Morgan fingerprint density at radius 2 is 1.70 bits per heavy atom. The van der Waals surface area contributed by atoms with Gasteiger partial charge in [0.2, 0.25) is 0 Å². The number of esters is 1. The van der Waals surface area contributed by atoms with Gasteiger partial charge in [-0.05, 0) is 60.7 Å². The fourth-order valence-corrected chi connectivity index (χ4v) is 3.67. The molecule has 3 heterocycles. The van der Waals surface area contributed by atoms with Gasteiger partial charge in [-0.25, -0.2) is 24.1 Å². The molecule has 0 unspecified atom stereocenters. The number of nitrogens with zero attached hydrogens (tertiary/aromatic N) is 4. The van der Waals surface area contributed by atoms with Gasteiger partial charge >= 0.3 is 5.97 Å². The summed E-state index contributed by atoms with van der Waals surface area (Å²) >= 11 is 0. The van der Waals surface area contributed by atoms with E-state index in [1.807, 2.05) is 10.6 Å². The minimum atomic E-state index is -0.436. The molecule has 162 valence electrons. The number of carbonyl (C=O) groups is 1. The van der Waals surface area contributed by atoms with Crippen LogP contribution in [-0.4, -0.2) is 32.6 Å². The van der Waals surface area contributed by atoms with Crippen LogP contribution in [0.5, 0.6) is 0 Å². The molecule has 2 aromatic carbocycles. The van der Waals surface area contributed by atoms with Crippen LogP contribution < -0.4 is 5.73 Å². The lowest BCUT2D eigenvalue weighted by Gasteiger charge is -2.11. The zero-order valence-corrected chi connectivity index (χ0v) is 17.6. The van der Waals surface area contributed by atoms with Crippen molar-refractivity contribution in [1.82, 2.24) is 19.5 Å². The van der Waals surface area contributed by atoms with Crippen LogP contribution in [0.1, 0.15) is 10.4 Å². The minimum absolute atomic E-state index is 0.314. The molecule has 5 aromatic rings. The van der Waals surface area contributed by atoms with Gasteiger partial charge in [-0.1, -0.05) is 12.1 Å². The first-order chi connectivity index (χ1) is 16.1. The standard InChI is InChI=1S/C25H18FN5O2/c1-33-25(32)15-8-10-16(11-9-15)31-23(18-6-4-14-28-22(18)27)30-21-13-12-20(29-24(21)31)17-5-2-3-7-19(17)26/h2-14H,1H3,(H2,27,28). The third-order valence-corrected chi connectivity index (χ3v) is 5.28. The molecule has 3 aromatic heterocycles. The van der Waals surface area contributed by atoms with Crippen molar-refractivity contribution in [2.45, 2.75) is 0 Å². The normalized spacial score (nSPS) is 11.0. The first kappa shape index (κ1) is 20.3. The van der Waals surface area contributed by atoms with E-state index >= 15 is 0 Å². The SMILES string of the molecule is COC(=O)c1ccc(-n2c(-c3cccnc3N)nc3ccc(-c4ccccc4F)nc32)cc1. The molecule has 0 amide bonds. The third-order valence-electron chi connectivity index (χ3n) is 5.28. The maximum absolute atomic E-state index is 14.4. The number of hydrogen-bond donors (Lipinski definition) is 1. The van der Waals surface area contributed by atoms with Gasteiger partial charge in [0.1, 0.15) is 17.2 Å². The van der Waals surface area contributed by atoms with Crippen LogP contribution in [0.15, 0.2) is 79.0 Å². The number of fused-ring (bicyclic) bond motifs is 1. The van der Waals surface area contributed by atoms with Crippen LogP contribution >= 0.6 is 0 Å². The molecular formula is C25H18FN5O2. The number of rotatable bonds is 4. The highest BCUT2D eigenvalue weighted by molar-refractivity contribution is 5.90. The predicted octanol–water partition coefficient (Wildman–Crippen LogP) is 4.66. The minimum Gasteiger partial charge on any atom is -0.465 e. The van der Waals surface area contributed by atoms with Gasteiger partial charge in [0.15, 0.2) is 11.5 Å². The summed E-state index contributed by atoms with van der Waals surface area (Å²) in [7, 11) is 1.33. The van der Waals surface area contributed by atoms with Crippen molar-refractivity contribution in [3.8, 4) is 28.3 Å². The monoisotopic (exact) mass is 439 g/mol. The molecule has 0 aliphatic carbocycles. The molecule has 0 atom stereocenters. The highest BCUT2D eigenvalue weighted by atomic mass is 19.1. The van der Waals surface area contributed by atoms with Crippen LogP contribution in [0.2, 0.25) is 0 Å². The number of methoxy groups -OCH3 is 1. The number of halogens is 1. The number of aromatic nitrogens is 4. The molecule has 0 aliphatic heterocycles. The van der Waals surface area contributed by atoms with E-state index in [-0.39, 0.29) is 5.82 Å². The molecular weight excluding hydrogens is 421 g/mol. The summed E-state index contributed by atoms with van der Waals surface area (Å²) in [5.74, 6) is 0.0393. The average Bonchev–Trinajstić information content (AvgIpc) is 3.22. The predicted molar refractivity (Wildman–Crippen MR) is 123 cm³/mol. The van der Waals surface area contributed by atoms with Crippen molar-refractivity contribution in [2.75, 3.05) is 12.8 Å².